The number of hydrogen-bond acceptors (Lipinski definition) is 5. The number of nitrogens with one attached hydrogen (secondary N) is 1. The average molecular weight is 338 g/mol. The molecule has 0 amide bonds. The fourth-order valence-corrected chi connectivity index (χ4v) is 2.79. The second kappa shape index (κ2) is 6.23. The van der Waals surface area contributed by atoms with Gasteiger partial charge in [-0.3, -0.25) is 4.98 Å². The third kappa shape index (κ3) is 3.35. The first-order chi connectivity index (χ1) is 12.1. The molecular formula is C18H19FN6. The maximum absolute atomic E-state index is 13.2. The molecule has 1 aliphatic carbocycles. The molecule has 1 aliphatic rings. The molecule has 3 aromatic heterocycles. The Labute approximate surface area is 145 Å². The first-order valence-corrected chi connectivity index (χ1v) is 8.35. The molecule has 4 rings (SSSR count). The molecule has 7 heteroatoms. The van der Waals surface area contributed by atoms with Gasteiger partial charge in [-0.1, -0.05) is 0 Å². The number of halogens is 1. The van der Waals surface area contributed by atoms with E-state index in [1.807, 2.05) is 24.6 Å². The van der Waals surface area contributed by atoms with Gasteiger partial charge in [0.25, 0.3) is 0 Å². The second-order valence-electron chi connectivity index (χ2n) is 6.48. The molecule has 1 N–H and O–H groups in total. The minimum absolute atomic E-state index is 0.353. The van der Waals surface area contributed by atoms with Gasteiger partial charge in [-0.15, -0.1) is 0 Å². The van der Waals surface area contributed by atoms with E-state index >= 15 is 0 Å². The van der Waals surface area contributed by atoms with Crippen LogP contribution in [0.25, 0.3) is 11.4 Å². The van der Waals surface area contributed by atoms with Crippen molar-refractivity contribution in [2.75, 3.05) is 5.32 Å². The third-order valence-electron chi connectivity index (χ3n) is 4.34. The Morgan fingerprint density at radius 1 is 1.20 bits per heavy atom. The Morgan fingerprint density at radius 3 is 2.72 bits per heavy atom. The standard InChI is InChI=1S/C18H19FN6/c1-11-7-16(22-10-21-11)23-18-12(2)17(15-6-5-14(19)8-20-15)24-25(18)9-13-3-4-13/h5-8,10,13H,3-4,9H2,1-2H3,(H,21,22,23). The molecule has 0 atom stereocenters. The lowest BCUT2D eigenvalue weighted by atomic mass is 10.2. The lowest BCUT2D eigenvalue weighted by molar-refractivity contribution is 0.570. The third-order valence-corrected chi connectivity index (χ3v) is 4.34. The smallest absolute Gasteiger partial charge is 0.141 e. The molecule has 0 unspecified atom stereocenters. The molecule has 1 fully saturated rings. The Hall–Kier alpha value is -2.83. The van der Waals surface area contributed by atoms with Gasteiger partial charge in [0.05, 0.1) is 11.9 Å². The van der Waals surface area contributed by atoms with Crippen molar-refractivity contribution in [3.63, 3.8) is 0 Å². The van der Waals surface area contributed by atoms with Gasteiger partial charge in [0.15, 0.2) is 0 Å². The van der Waals surface area contributed by atoms with Crippen LogP contribution in [0.3, 0.4) is 0 Å². The first kappa shape index (κ1) is 15.7. The second-order valence-corrected chi connectivity index (χ2v) is 6.48. The van der Waals surface area contributed by atoms with Gasteiger partial charge in [0.2, 0.25) is 0 Å². The normalized spacial score (nSPS) is 13.9. The maximum atomic E-state index is 13.2. The lowest BCUT2D eigenvalue weighted by Gasteiger charge is -2.10. The molecule has 0 radical (unpaired) electrons. The summed E-state index contributed by atoms with van der Waals surface area (Å²) in [7, 11) is 0. The summed E-state index contributed by atoms with van der Waals surface area (Å²) < 4.78 is 15.2. The van der Waals surface area contributed by atoms with Crippen LogP contribution >= 0.6 is 0 Å². The minimum Gasteiger partial charge on any atom is -0.325 e. The molecule has 3 aromatic rings. The number of anilines is 2. The molecule has 1 saturated carbocycles. The van der Waals surface area contributed by atoms with Crippen molar-refractivity contribution in [2.45, 2.75) is 33.2 Å². The summed E-state index contributed by atoms with van der Waals surface area (Å²) in [5.74, 6) is 1.94. The fraction of sp³-hybridized carbons (Fsp3) is 0.333. The largest absolute Gasteiger partial charge is 0.325 e. The summed E-state index contributed by atoms with van der Waals surface area (Å²) in [6.45, 7) is 4.77. The molecule has 128 valence electrons. The highest BCUT2D eigenvalue weighted by molar-refractivity contribution is 5.69. The number of hydrogen-bond donors (Lipinski definition) is 1. The summed E-state index contributed by atoms with van der Waals surface area (Å²) in [5, 5.41) is 8.10. The topological polar surface area (TPSA) is 68.5 Å². The zero-order valence-electron chi connectivity index (χ0n) is 14.2. The molecule has 0 aromatic carbocycles. The zero-order valence-corrected chi connectivity index (χ0v) is 14.2. The summed E-state index contributed by atoms with van der Waals surface area (Å²) in [6.07, 6.45) is 5.22. The predicted octanol–water partition coefficient (Wildman–Crippen LogP) is 3.64. The van der Waals surface area contributed by atoms with Crippen LogP contribution < -0.4 is 5.32 Å². The van der Waals surface area contributed by atoms with E-state index < -0.39 is 0 Å². The Morgan fingerprint density at radius 2 is 2.04 bits per heavy atom. The molecule has 6 nitrogen and oxygen atoms in total. The first-order valence-electron chi connectivity index (χ1n) is 8.35. The molecule has 0 spiro atoms. The van der Waals surface area contributed by atoms with Crippen molar-refractivity contribution in [1.82, 2.24) is 24.7 Å². The van der Waals surface area contributed by atoms with Crippen LogP contribution in [-0.2, 0) is 6.54 Å². The number of rotatable bonds is 5. The highest BCUT2D eigenvalue weighted by Gasteiger charge is 2.25. The fourth-order valence-electron chi connectivity index (χ4n) is 2.79. The van der Waals surface area contributed by atoms with E-state index in [0.717, 1.165) is 35.1 Å². The van der Waals surface area contributed by atoms with Gasteiger partial charge in [-0.2, -0.15) is 5.10 Å². The molecule has 3 heterocycles. The maximum Gasteiger partial charge on any atom is 0.141 e. The molecule has 0 saturated heterocycles. The minimum atomic E-state index is -0.353. The Balaban J connectivity index is 1.74. The van der Waals surface area contributed by atoms with Crippen LogP contribution in [0.1, 0.15) is 24.1 Å². The van der Waals surface area contributed by atoms with E-state index in [0.29, 0.717) is 11.6 Å². The highest BCUT2D eigenvalue weighted by Crippen LogP contribution is 2.35. The van der Waals surface area contributed by atoms with Crippen molar-refractivity contribution in [3.05, 3.63) is 47.8 Å². The van der Waals surface area contributed by atoms with Gasteiger partial charge < -0.3 is 5.32 Å². The van der Waals surface area contributed by atoms with Crippen molar-refractivity contribution in [1.29, 1.82) is 0 Å². The number of aryl methyl sites for hydroxylation is 1. The van der Waals surface area contributed by atoms with Gasteiger partial charge in [-0.05, 0) is 44.7 Å². The summed E-state index contributed by atoms with van der Waals surface area (Å²) in [4.78, 5) is 12.6. The van der Waals surface area contributed by atoms with E-state index in [4.69, 9.17) is 5.10 Å². The van der Waals surface area contributed by atoms with E-state index in [-0.39, 0.29) is 5.82 Å². The Kier molecular flexibility index (Phi) is 3.91. The molecule has 0 aliphatic heterocycles. The SMILES string of the molecule is Cc1cc(Nc2c(C)c(-c3ccc(F)cn3)nn2CC2CC2)ncn1. The van der Waals surface area contributed by atoms with E-state index in [9.17, 15) is 4.39 Å². The number of aromatic nitrogens is 5. The molecular weight excluding hydrogens is 319 g/mol. The van der Waals surface area contributed by atoms with Gasteiger partial charge in [-0.25, -0.2) is 19.0 Å². The van der Waals surface area contributed by atoms with Crippen molar-refractivity contribution >= 4 is 11.6 Å². The predicted molar refractivity (Wildman–Crippen MR) is 92.9 cm³/mol. The average Bonchev–Trinajstić information content (AvgIpc) is 3.36. The van der Waals surface area contributed by atoms with Crippen LogP contribution in [0.5, 0.6) is 0 Å². The molecule has 25 heavy (non-hydrogen) atoms. The van der Waals surface area contributed by atoms with Gasteiger partial charge in [0.1, 0.15) is 29.5 Å². The zero-order chi connectivity index (χ0) is 17.4. The van der Waals surface area contributed by atoms with Crippen molar-refractivity contribution in [3.8, 4) is 11.4 Å². The van der Waals surface area contributed by atoms with E-state index in [1.165, 1.54) is 31.4 Å². The van der Waals surface area contributed by atoms with E-state index in [2.05, 4.69) is 20.3 Å². The van der Waals surface area contributed by atoms with Gasteiger partial charge >= 0.3 is 0 Å². The monoisotopic (exact) mass is 338 g/mol. The molecule has 0 bridgehead atoms. The summed E-state index contributed by atoms with van der Waals surface area (Å²) in [5.41, 5.74) is 3.28. The Bertz CT molecular complexity index is 898. The van der Waals surface area contributed by atoms with Crippen LogP contribution in [0, 0.1) is 25.6 Å². The van der Waals surface area contributed by atoms with Crippen molar-refractivity contribution in [2.24, 2.45) is 5.92 Å². The number of nitrogens with zero attached hydrogens (tertiary/aromatic N) is 5. The van der Waals surface area contributed by atoms with Crippen LogP contribution in [-0.4, -0.2) is 24.7 Å². The highest BCUT2D eigenvalue weighted by atomic mass is 19.1. The van der Waals surface area contributed by atoms with Gasteiger partial charge in [0, 0.05) is 23.9 Å². The lowest BCUT2D eigenvalue weighted by Crippen LogP contribution is -2.08. The van der Waals surface area contributed by atoms with E-state index in [1.54, 1.807) is 6.07 Å². The van der Waals surface area contributed by atoms with Crippen molar-refractivity contribution < 1.29 is 4.39 Å². The van der Waals surface area contributed by atoms with Crippen LogP contribution in [0.15, 0.2) is 30.7 Å². The van der Waals surface area contributed by atoms with Crippen LogP contribution in [0.2, 0.25) is 0 Å². The summed E-state index contributed by atoms with van der Waals surface area (Å²) >= 11 is 0. The number of pyridine rings is 1. The summed E-state index contributed by atoms with van der Waals surface area (Å²) in [6, 6.07) is 4.96. The quantitative estimate of drug-likeness (QED) is 0.769. The van der Waals surface area contributed by atoms with Crippen LogP contribution in [0.4, 0.5) is 16.0 Å².